The Morgan fingerprint density at radius 1 is 1.45 bits per heavy atom. The van der Waals surface area contributed by atoms with Crippen molar-refractivity contribution in [2.75, 3.05) is 12.4 Å². The second kappa shape index (κ2) is 6.12. The van der Waals surface area contributed by atoms with Crippen LogP contribution in [0, 0.1) is 5.82 Å². The number of carbonyl (C=O) groups is 1. The molecular weight excluding hydrogens is 297 g/mol. The molecule has 1 aromatic carbocycles. The number of halogens is 1. The maximum Gasteiger partial charge on any atom is 0.328 e. The number of ether oxygens (including phenoxy) is 1. The van der Waals surface area contributed by atoms with Crippen LogP contribution in [0.2, 0.25) is 0 Å². The number of aromatic hydroxyl groups is 1. The van der Waals surface area contributed by atoms with E-state index in [2.05, 4.69) is 5.32 Å². The number of aromatic amines is 1. The molecule has 0 aliphatic heterocycles. The fraction of sp³-hybridized carbons (Fsp3) is 0.154. The molecule has 0 fully saturated rings. The van der Waals surface area contributed by atoms with E-state index in [1.165, 1.54) is 19.2 Å². The number of phenols is 1. The first-order chi connectivity index (χ1) is 10.4. The molecule has 8 nitrogen and oxygen atoms in total. The monoisotopic (exact) mass is 309 g/mol. The first kappa shape index (κ1) is 15.3. The molecule has 0 saturated heterocycles. The number of nitrogens with one attached hydrogen (secondary N) is 2. The molecule has 22 heavy (non-hydrogen) atoms. The molecule has 1 amide bonds. The molecule has 3 N–H and O–H groups in total. The largest absolute Gasteiger partial charge is 0.503 e. The molecule has 0 atom stereocenters. The van der Waals surface area contributed by atoms with Gasteiger partial charge in [-0.05, 0) is 12.1 Å². The van der Waals surface area contributed by atoms with Gasteiger partial charge in [0, 0.05) is 0 Å². The summed E-state index contributed by atoms with van der Waals surface area (Å²) in [5, 5.41) is 12.2. The zero-order valence-corrected chi connectivity index (χ0v) is 11.4. The standard InChI is InChI=1S/C13H12FN3O5/c1-22-9-4-2-3-8(11(9)19)15-10(18)6-17-5-7(14)12(20)16-13(17)21/h2-5,19H,6H2,1H3,(H,15,18)(H,16,20,21). The normalized spacial score (nSPS) is 10.3. The van der Waals surface area contributed by atoms with E-state index >= 15 is 0 Å². The number of rotatable bonds is 4. The molecule has 2 aromatic rings. The Hall–Kier alpha value is -3.10. The number of benzene rings is 1. The first-order valence-electron chi connectivity index (χ1n) is 6.07. The Labute approximate surface area is 122 Å². The molecule has 0 radical (unpaired) electrons. The average Bonchev–Trinajstić information content (AvgIpc) is 2.47. The highest BCUT2D eigenvalue weighted by Gasteiger charge is 2.12. The van der Waals surface area contributed by atoms with Crippen molar-refractivity contribution in [3.05, 3.63) is 51.1 Å². The number of amides is 1. The van der Waals surface area contributed by atoms with Crippen molar-refractivity contribution in [3.8, 4) is 11.5 Å². The van der Waals surface area contributed by atoms with Crippen LogP contribution in [0.1, 0.15) is 0 Å². The summed E-state index contributed by atoms with van der Waals surface area (Å²) in [5.41, 5.74) is -2.01. The predicted octanol–water partition coefficient (Wildman–Crippen LogP) is 0.0286. The van der Waals surface area contributed by atoms with Crippen molar-refractivity contribution >= 4 is 11.6 Å². The zero-order valence-electron chi connectivity index (χ0n) is 11.4. The van der Waals surface area contributed by atoms with Gasteiger partial charge >= 0.3 is 5.69 Å². The lowest BCUT2D eigenvalue weighted by molar-refractivity contribution is -0.116. The summed E-state index contributed by atoms with van der Waals surface area (Å²) in [4.78, 5) is 35.9. The molecule has 0 aliphatic carbocycles. The number of nitrogens with zero attached hydrogens (tertiary/aromatic N) is 1. The van der Waals surface area contributed by atoms with Crippen LogP contribution in [-0.2, 0) is 11.3 Å². The molecule has 2 rings (SSSR count). The lowest BCUT2D eigenvalue weighted by Gasteiger charge is -2.10. The highest BCUT2D eigenvalue weighted by atomic mass is 19.1. The van der Waals surface area contributed by atoms with Gasteiger partial charge in [-0.15, -0.1) is 0 Å². The van der Waals surface area contributed by atoms with Gasteiger partial charge in [-0.3, -0.25) is 19.1 Å². The van der Waals surface area contributed by atoms with E-state index in [4.69, 9.17) is 4.74 Å². The van der Waals surface area contributed by atoms with Crippen molar-refractivity contribution in [1.29, 1.82) is 0 Å². The number of hydrogen-bond acceptors (Lipinski definition) is 5. The summed E-state index contributed by atoms with van der Waals surface area (Å²) < 4.78 is 18.7. The number of anilines is 1. The summed E-state index contributed by atoms with van der Waals surface area (Å²) in [6, 6.07) is 4.46. The van der Waals surface area contributed by atoms with E-state index in [0.717, 1.165) is 0 Å². The maximum absolute atomic E-state index is 13.1. The highest BCUT2D eigenvalue weighted by molar-refractivity contribution is 5.92. The number of phenolic OH excluding ortho intramolecular Hbond substituents is 1. The van der Waals surface area contributed by atoms with Gasteiger partial charge in [-0.25, -0.2) is 4.79 Å². The van der Waals surface area contributed by atoms with Crippen LogP contribution < -0.4 is 21.3 Å². The molecule has 1 aromatic heterocycles. The number of para-hydroxylation sites is 1. The Kier molecular flexibility index (Phi) is 4.25. The van der Waals surface area contributed by atoms with Gasteiger partial charge < -0.3 is 15.2 Å². The minimum atomic E-state index is -1.18. The second-order valence-electron chi connectivity index (χ2n) is 4.27. The van der Waals surface area contributed by atoms with Gasteiger partial charge in [-0.1, -0.05) is 6.07 Å². The van der Waals surface area contributed by atoms with Crippen molar-refractivity contribution in [2.45, 2.75) is 6.54 Å². The number of hydrogen-bond donors (Lipinski definition) is 3. The third-order valence-electron chi connectivity index (χ3n) is 2.77. The van der Waals surface area contributed by atoms with Gasteiger partial charge in [0.1, 0.15) is 6.54 Å². The van der Waals surface area contributed by atoms with Gasteiger partial charge in [0.25, 0.3) is 5.56 Å². The Morgan fingerprint density at radius 3 is 2.86 bits per heavy atom. The summed E-state index contributed by atoms with van der Waals surface area (Å²) in [5.74, 6) is -2.00. The molecule has 0 spiro atoms. The minimum absolute atomic E-state index is 0.0716. The third-order valence-corrected chi connectivity index (χ3v) is 2.77. The SMILES string of the molecule is COc1cccc(NC(=O)Cn2cc(F)c(=O)[nH]c2=O)c1O. The average molecular weight is 309 g/mol. The first-order valence-corrected chi connectivity index (χ1v) is 6.07. The van der Waals surface area contributed by atoms with Crippen molar-refractivity contribution in [2.24, 2.45) is 0 Å². The fourth-order valence-electron chi connectivity index (χ4n) is 1.73. The minimum Gasteiger partial charge on any atom is -0.503 e. The van der Waals surface area contributed by atoms with Gasteiger partial charge in [0.2, 0.25) is 11.7 Å². The van der Waals surface area contributed by atoms with Gasteiger partial charge in [0.15, 0.2) is 11.5 Å². The lowest BCUT2D eigenvalue weighted by Crippen LogP contribution is -2.34. The lowest BCUT2D eigenvalue weighted by atomic mass is 10.2. The zero-order chi connectivity index (χ0) is 16.3. The van der Waals surface area contributed by atoms with E-state index in [1.807, 2.05) is 0 Å². The molecule has 9 heteroatoms. The number of H-pyrrole nitrogens is 1. The summed E-state index contributed by atoms with van der Waals surface area (Å²) in [6.07, 6.45) is 0.631. The quantitative estimate of drug-likeness (QED) is 0.690. The molecule has 0 aliphatic rings. The molecule has 0 unspecified atom stereocenters. The van der Waals surface area contributed by atoms with Crippen molar-refractivity contribution in [3.63, 3.8) is 0 Å². The number of carbonyl (C=O) groups excluding carboxylic acids is 1. The van der Waals surface area contributed by atoms with Crippen LogP contribution in [-0.4, -0.2) is 27.7 Å². The maximum atomic E-state index is 13.1. The second-order valence-corrected chi connectivity index (χ2v) is 4.27. The summed E-state index contributed by atoms with van der Waals surface area (Å²) >= 11 is 0. The molecule has 1 heterocycles. The van der Waals surface area contributed by atoms with Crippen molar-refractivity contribution < 1.29 is 19.0 Å². The summed E-state index contributed by atoms with van der Waals surface area (Å²) in [6.45, 7) is -0.539. The van der Waals surface area contributed by atoms with Crippen LogP contribution in [0.5, 0.6) is 11.5 Å². The van der Waals surface area contributed by atoms with E-state index in [9.17, 15) is 23.9 Å². The third kappa shape index (κ3) is 3.14. The Morgan fingerprint density at radius 2 is 2.18 bits per heavy atom. The van der Waals surface area contributed by atoms with Crippen molar-refractivity contribution in [1.82, 2.24) is 9.55 Å². The molecule has 116 valence electrons. The molecule has 0 saturated carbocycles. The predicted molar refractivity (Wildman–Crippen MR) is 74.6 cm³/mol. The van der Waals surface area contributed by atoms with Crippen LogP contribution in [0.25, 0.3) is 0 Å². The molecular formula is C13H12FN3O5. The van der Waals surface area contributed by atoms with E-state index in [1.54, 1.807) is 11.1 Å². The van der Waals surface area contributed by atoms with Crippen LogP contribution >= 0.6 is 0 Å². The van der Waals surface area contributed by atoms with E-state index in [-0.39, 0.29) is 17.2 Å². The van der Waals surface area contributed by atoms with Crippen LogP contribution in [0.3, 0.4) is 0 Å². The van der Waals surface area contributed by atoms with Gasteiger partial charge in [-0.2, -0.15) is 4.39 Å². The van der Waals surface area contributed by atoms with Crippen LogP contribution in [0.4, 0.5) is 10.1 Å². The summed E-state index contributed by atoms with van der Waals surface area (Å²) in [7, 11) is 1.35. The number of methoxy groups -OCH3 is 1. The topological polar surface area (TPSA) is 113 Å². The van der Waals surface area contributed by atoms with E-state index < -0.39 is 29.5 Å². The Bertz CT molecular complexity index is 827. The smallest absolute Gasteiger partial charge is 0.328 e. The van der Waals surface area contributed by atoms with E-state index in [0.29, 0.717) is 10.8 Å². The number of aromatic nitrogens is 2. The fourth-order valence-corrected chi connectivity index (χ4v) is 1.73. The Balaban J connectivity index is 2.19. The highest BCUT2D eigenvalue weighted by Crippen LogP contribution is 2.33. The van der Waals surface area contributed by atoms with Crippen LogP contribution in [0.15, 0.2) is 34.0 Å². The molecule has 0 bridgehead atoms. The van der Waals surface area contributed by atoms with Gasteiger partial charge in [0.05, 0.1) is 19.0 Å².